The van der Waals surface area contributed by atoms with Crippen LogP contribution in [0.2, 0.25) is 5.15 Å². The molecule has 0 aromatic carbocycles. The van der Waals surface area contributed by atoms with E-state index in [1.807, 2.05) is 20.8 Å². The Balaban J connectivity index is 2.52. The third kappa shape index (κ3) is 4.37. The molecule has 1 aromatic rings. The second-order valence-electron chi connectivity index (χ2n) is 4.58. The summed E-state index contributed by atoms with van der Waals surface area (Å²) in [6.45, 7) is 7.62. The summed E-state index contributed by atoms with van der Waals surface area (Å²) in [6.07, 6.45) is 0. The lowest BCUT2D eigenvalue weighted by Crippen LogP contribution is -2.47. The first-order valence-corrected chi connectivity index (χ1v) is 6.23. The molecule has 0 radical (unpaired) electrons. The van der Waals surface area contributed by atoms with E-state index in [2.05, 4.69) is 15.6 Å². The van der Waals surface area contributed by atoms with Crippen LogP contribution in [-0.2, 0) is 4.79 Å². The summed E-state index contributed by atoms with van der Waals surface area (Å²) in [6, 6.07) is -0.332. The molecule has 0 spiro atoms. The fraction of sp³-hybridized carbons (Fsp3) is 0.600. The van der Waals surface area contributed by atoms with Gasteiger partial charge in [-0.2, -0.15) is 0 Å². The van der Waals surface area contributed by atoms with E-state index in [1.165, 1.54) is 11.3 Å². The summed E-state index contributed by atoms with van der Waals surface area (Å²) in [5.74, 6) is -0.0566. The first-order valence-electron chi connectivity index (χ1n) is 4.97. The highest BCUT2D eigenvalue weighted by Gasteiger charge is 2.19. The molecule has 0 saturated heterocycles. The molecule has 1 rings (SSSR count). The quantitative estimate of drug-likeness (QED) is 0.879. The predicted octanol–water partition coefficient (Wildman–Crippen LogP) is 2.51. The molecule has 16 heavy (non-hydrogen) atoms. The van der Waals surface area contributed by atoms with Crippen LogP contribution in [-0.4, -0.2) is 22.5 Å². The molecule has 1 unspecified atom stereocenters. The van der Waals surface area contributed by atoms with Gasteiger partial charge in [0.15, 0.2) is 5.13 Å². The maximum absolute atomic E-state index is 11.7. The van der Waals surface area contributed by atoms with Crippen molar-refractivity contribution in [2.45, 2.75) is 39.3 Å². The predicted molar refractivity (Wildman–Crippen MR) is 68.1 cm³/mol. The lowest BCUT2D eigenvalue weighted by Gasteiger charge is -2.23. The molecule has 1 aromatic heterocycles. The van der Waals surface area contributed by atoms with Crippen molar-refractivity contribution in [3.63, 3.8) is 0 Å². The van der Waals surface area contributed by atoms with Gasteiger partial charge in [0.2, 0.25) is 5.91 Å². The van der Waals surface area contributed by atoms with Gasteiger partial charge in [-0.25, -0.2) is 4.98 Å². The number of aromatic nitrogens is 1. The molecule has 0 bridgehead atoms. The second-order valence-corrected chi connectivity index (χ2v) is 5.83. The summed E-state index contributed by atoms with van der Waals surface area (Å²) in [5, 5.41) is 8.70. The third-order valence-electron chi connectivity index (χ3n) is 1.71. The monoisotopic (exact) mass is 261 g/mol. The Morgan fingerprint density at radius 3 is 2.62 bits per heavy atom. The third-order valence-corrected chi connectivity index (χ3v) is 2.80. The standard InChI is InChI=1S/C10H16ClN3OS/c1-6(8(15)14-10(2,3)4)12-9-13-7(11)5-16-9/h5-6H,1-4H3,(H,12,13)(H,14,15). The number of rotatable bonds is 3. The lowest BCUT2D eigenvalue weighted by atomic mass is 10.1. The Labute approximate surface area is 104 Å². The number of nitrogens with zero attached hydrogens (tertiary/aromatic N) is 1. The normalized spacial score (nSPS) is 13.3. The van der Waals surface area contributed by atoms with Gasteiger partial charge in [-0.3, -0.25) is 4.79 Å². The molecule has 0 saturated carbocycles. The van der Waals surface area contributed by atoms with Crippen LogP contribution in [0.5, 0.6) is 0 Å². The zero-order valence-electron chi connectivity index (χ0n) is 9.80. The van der Waals surface area contributed by atoms with E-state index in [0.29, 0.717) is 10.3 Å². The highest BCUT2D eigenvalue weighted by Crippen LogP contribution is 2.19. The Kier molecular flexibility index (Phi) is 4.15. The Morgan fingerprint density at radius 1 is 1.56 bits per heavy atom. The first kappa shape index (κ1) is 13.3. The van der Waals surface area contributed by atoms with Crippen molar-refractivity contribution in [2.24, 2.45) is 0 Å². The summed E-state index contributed by atoms with van der Waals surface area (Å²) < 4.78 is 0. The van der Waals surface area contributed by atoms with Crippen LogP contribution >= 0.6 is 22.9 Å². The van der Waals surface area contributed by atoms with Gasteiger partial charge in [0, 0.05) is 10.9 Å². The van der Waals surface area contributed by atoms with Crippen LogP contribution in [0.3, 0.4) is 0 Å². The molecular weight excluding hydrogens is 246 g/mol. The molecule has 0 fully saturated rings. The molecule has 0 aliphatic rings. The van der Waals surface area contributed by atoms with Crippen molar-refractivity contribution < 1.29 is 4.79 Å². The lowest BCUT2D eigenvalue weighted by molar-refractivity contribution is -0.122. The number of carbonyl (C=O) groups is 1. The van der Waals surface area contributed by atoms with Crippen molar-refractivity contribution in [3.05, 3.63) is 10.5 Å². The molecular formula is C10H16ClN3OS. The summed E-state index contributed by atoms with van der Waals surface area (Å²) in [4.78, 5) is 15.8. The van der Waals surface area contributed by atoms with E-state index < -0.39 is 0 Å². The number of hydrogen-bond acceptors (Lipinski definition) is 4. The fourth-order valence-corrected chi connectivity index (χ4v) is 1.97. The van der Waals surface area contributed by atoms with E-state index in [9.17, 15) is 4.79 Å². The Hall–Kier alpha value is -0.810. The van der Waals surface area contributed by atoms with E-state index >= 15 is 0 Å². The van der Waals surface area contributed by atoms with Gasteiger partial charge >= 0.3 is 0 Å². The zero-order valence-corrected chi connectivity index (χ0v) is 11.4. The number of anilines is 1. The molecule has 2 N–H and O–H groups in total. The maximum atomic E-state index is 11.7. The second kappa shape index (κ2) is 5.01. The summed E-state index contributed by atoms with van der Waals surface area (Å²) in [5.41, 5.74) is -0.229. The average Bonchev–Trinajstić information content (AvgIpc) is 2.48. The minimum atomic E-state index is -0.332. The van der Waals surface area contributed by atoms with Crippen LogP contribution in [0, 0.1) is 0 Å². The highest BCUT2D eigenvalue weighted by molar-refractivity contribution is 7.14. The zero-order chi connectivity index (χ0) is 12.3. The molecule has 1 atom stereocenters. The number of thiazole rings is 1. The number of halogens is 1. The van der Waals surface area contributed by atoms with E-state index in [-0.39, 0.29) is 17.5 Å². The molecule has 0 aliphatic heterocycles. The maximum Gasteiger partial charge on any atom is 0.242 e. The van der Waals surface area contributed by atoms with Crippen molar-refractivity contribution in [2.75, 3.05) is 5.32 Å². The smallest absolute Gasteiger partial charge is 0.242 e. The van der Waals surface area contributed by atoms with Crippen molar-refractivity contribution in [1.82, 2.24) is 10.3 Å². The van der Waals surface area contributed by atoms with E-state index in [4.69, 9.17) is 11.6 Å². The van der Waals surface area contributed by atoms with Crippen molar-refractivity contribution >= 4 is 34.0 Å². The Bertz CT molecular complexity index is 372. The highest BCUT2D eigenvalue weighted by atomic mass is 35.5. The van der Waals surface area contributed by atoms with Crippen LogP contribution in [0.1, 0.15) is 27.7 Å². The van der Waals surface area contributed by atoms with Gasteiger partial charge in [-0.15, -0.1) is 11.3 Å². The van der Waals surface area contributed by atoms with Crippen LogP contribution in [0.25, 0.3) is 0 Å². The van der Waals surface area contributed by atoms with Crippen LogP contribution < -0.4 is 10.6 Å². The molecule has 1 amide bonds. The number of carbonyl (C=O) groups excluding carboxylic acids is 1. The van der Waals surface area contributed by atoms with Gasteiger partial charge in [0.25, 0.3) is 0 Å². The van der Waals surface area contributed by atoms with Crippen LogP contribution in [0.15, 0.2) is 5.38 Å². The molecule has 1 heterocycles. The van der Waals surface area contributed by atoms with Crippen LogP contribution in [0.4, 0.5) is 5.13 Å². The van der Waals surface area contributed by atoms with Gasteiger partial charge in [-0.1, -0.05) is 11.6 Å². The molecule has 4 nitrogen and oxygen atoms in total. The number of nitrogens with one attached hydrogen (secondary N) is 2. The summed E-state index contributed by atoms with van der Waals surface area (Å²) in [7, 11) is 0. The number of amides is 1. The SMILES string of the molecule is CC(Nc1nc(Cl)cs1)C(=O)NC(C)(C)C. The van der Waals surface area contributed by atoms with E-state index in [1.54, 1.807) is 12.3 Å². The topological polar surface area (TPSA) is 54.0 Å². The minimum absolute atomic E-state index is 0.0566. The largest absolute Gasteiger partial charge is 0.350 e. The Morgan fingerprint density at radius 2 is 2.19 bits per heavy atom. The first-order chi connectivity index (χ1) is 7.28. The molecule has 0 aliphatic carbocycles. The number of hydrogen-bond donors (Lipinski definition) is 2. The fourth-order valence-electron chi connectivity index (χ4n) is 1.05. The van der Waals surface area contributed by atoms with Gasteiger partial charge in [0.1, 0.15) is 11.2 Å². The molecule has 6 heteroatoms. The molecule has 90 valence electrons. The van der Waals surface area contributed by atoms with Gasteiger partial charge in [0.05, 0.1) is 0 Å². The van der Waals surface area contributed by atoms with E-state index in [0.717, 1.165) is 0 Å². The summed E-state index contributed by atoms with van der Waals surface area (Å²) >= 11 is 7.07. The van der Waals surface area contributed by atoms with Gasteiger partial charge in [-0.05, 0) is 27.7 Å². The van der Waals surface area contributed by atoms with Gasteiger partial charge < -0.3 is 10.6 Å². The van der Waals surface area contributed by atoms with Crippen molar-refractivity contribution in [3.8, 4) is 0 Å². The van der Waals surface area contributed by atoms with Crippen molar-refractivity contribution in [1.29, 1.82) is 0 Å². The average molecular weight is 262 g/mol. The minimum Gasteiger partial charge on any atom is -0.350 e.